The molecule has 1 aliphatic rings. The first kappa shape index (κ1) is 21.6. The lowest BCUT2D eigenvalue weighted by molar-refractivity contribution is -0.139. The molecule has 0 aliphatic carbocycles. The molecule has 1 unspecified atom stereocenters. The number of amides is 2. The van der Waals surface area contributed by atoms with E-state index < -0.39 is 12.0 Å². The summed E-state index contributed by atoms with van der Waals surface area (Å²) in [6, 6.07) is 4.40. The number of benzene rings is 1. The van der Waals surface area contributed by atoms with Crippen LogP contribution in [-0.2, 0) is 9.53 Å². The van der Waals surface area contributed by atoms with Gasteiger partial charge in [0.1, 0.15) is 0 Å². The van der Waals surface area contributed by atoms with Crippen LogP contribution in [0.25, 0.3) is 0 Å². The van der Waals surface area contributed by atoms with Crippen LogP contribution in [0.4, 0.5) is 4.79 Å². The molecule has 0 fully saturated rings. The molecule has 1 atom stereocenters. The van der Waals surface area contributed by atoms with E-state index in [2.05, 4.69) is 24.5 Å². The minimum absolute atomic E-state index is 0.0523. The largest absolute Gasteiger partial charge is 0.493 e. The second-order valence-electron chi connectivity index (χ2n) is 7.35. The van der Waals surface area contributed by atoms with Gasteiger partial charge in [-0.2, -0.15) is 0 Å². The highest BCUT2D eigenvalue weighted by Gasteiger charge is 2.35. The van der Waals surface area contributed by atoms with Crippen LogP contribution < -0.4 is 20.1 Å². The molecule has 2 N–H and O–H groups in total. The summed E-state index contributed by atoms with van der Waals surface area (Å²) < 4.78 is 16.5. The maximum atomic E-state index is 12.7. The number of rotatable bonds is 8. The molecule has 154 valence electrons. The van der Waals surface area contributed by atoms with Gasteiger partial charge in [-0.15, -0.1) is 0 Å². The molecule has 2 rings (SSSR count). The van der Waals surface area contributed by atoms with Crippen molar-refractivity contribution in [3.63, 3.8) is 0 Å². The molecule has 1 aromatic carbocycles. The Bertz CT molecular complexity index is 755. The van der Waals surface area contributed by atoms with Gasteiger partial charge in [-0.05, 0) is 36.5 Å². The molecule has 0 spiro atoms. The molecule has 1 heterocycles. The molecule has 0 aromatic heterocycles. The SMILES string of the molecule is CCOC(=O)C1=C(C(C)C)NC(=O)NC1c1ccc(OCC(C)C)c(OC)c1. The molecule has 28 heavy (non-hydrogen) atoms. The van der Waals surface area contributed by atoms with Crippen LogP contribution in [0, 0.1) is 11.8 Å². The average molecular weight is 390 g/mol. The van der Waals surface area contributed by atoms with Crippen molar-refractivity contribution in [1.29, 1.82) is 0 Å². The van der Waals surface area contributed by atoms with Gasteiger partial charge in [0.05, 0.1) is 31.9 Å². The van der Waals surface area contributed by atoms with Crippen LogP contribution in [0.5, 0.6) is 11.5 Å². The Balaban J connectivity index is 2.48. The van der Waals surface area contributed by atoms with Gasteiger partial charge in [0, 0.05) is 5.70 Å². The van der Waals surface area contributed by atoms with Gasteiger partial charge < -0.3 is 24.8 Å². The number of allylic oxidation sites excluding steroid dienone is 1. The Morgan fingerprint density at radius 2 is 1.89 bits per heavy atom. The van der Waals surface area contributed by atoms with Gasteiger partial charge in [0.15, 0.2) is 11.5 Å². The maximum Gasteiger partial charge on any atom is 0.338 e. The molecule has 0 bridgehead atoms. The third-order valence-corrected chi connectivity index (χ3v) is 4.27. The van der Waals surface area contributed by atoms with Gasteiger partial charge in [0.25, 0.3) is 0 Å². The summed E-state index contributed by atoms with van der Waals surface area (Å²) in [5.41, 5.74) is 1.67. The monoisotopic (exact) mass is 390 g/mol. The average Bonchev–Trinajstić information content (AvgIpc) is 2.65. The predicted octanol–water partition coefficient (Wildman–Crippen LogP) is 3.56. The lowest BCUT2D eigenvalue weighted by atomic mass is 9.91. The lowest BCUT2D eigenvalue weighted by Gasteiger charge is -2.31. The second kappa shape index (κ2) is 9.48. The number of nitrogens with one attached hydrogen (secondary N) is 2. The second-order valence-corrected chi connectivity index (χ2v) is 7.35. The minimum atomic E-state index is -0.641. The third-order valence-electron chi connectivity index (χ3n) is 4.27. The van der Waals surface area contributed by atoms with E-state index in [1.54, 1.807) is 26.2 Å². The van der Waals surface area contributed by atoms with E-state index in [0.29, 0.717) is 40.9 Å². The molecule has 2 amide bonds. The Hall–Kier alpha value is -2.70. The number of ether oxygens (including phenoxy) is 3. The summed E-state index contributed by atoms with van der Waals surface area (Å²) in [5, 5.41) is 5.57. The van der Waals surface area contributed by atoms with Crippen LogP contribution in [0.15, 0.2) is 29.5 Å². The molecule has 7 heteroatoms. The number of carbonyl (C=O) groups is 2. The highest BCUT2D eigenvalue weighted by Crippen LogP contribution is 2.35. The van der Waals surface area contributed by atoms with E-state index in [9.17, 15) is 9.59 Å². The normalized spacial score (nSPS) is 16.7. The quantitative estimate of drug-likeness (QED) is 0.663. The van der Waals surface area contributed by atoms with Crippen LogP contribution in [-0.4, -0.2) is 32.3 Å². The van der Waals surface area contributed by atoms with Crippen LogP contribution in [0.2, 0.25) is 0 Å². The van der Waals surface area contributed by atoms with Gasteiger partial charge >= 0.3 is 12.0 Å². The number of urea groups is 1. The zero-order chi connectivity index (χ0) is 20.8. The van der Waals surface area contributed by atoms with E-state index in [1.165, 1.54) is 0 Å². The highest BCUT2D eigenvalue weighted by molar-refractivity contribution is 5.95. The standard InChI is InChI=1S/C21H30N2O5/c1-7-27-20(24)17-18(13(4)5)22-21(25)23-19(17)14-8-9-15(16(10-14)26-6)28-11-12(2)3/h8-10,12-13,19H,7,11H2,1-6H3,(H2,22,23,25). The van der Waals surface area contributed by atoms with E-state index in [1.807, 2.05) is 19.9 Å². The Morgan fingerprint density at radius 1 is 1.18 bits per heavy atom. The van der Waals surface area contributed by atoms with Gasteiger partial charge in [0.2, 0.25) is 0 Å². The molecular formula is C21H30N2O5. The van der Waals surface area contributed by atoms with Crippen molar-refractivity contribution in [3.05, 3.63) is 35.0 Å². The van der Waals surface area contributed by atoms with Gasteiger partial charge in [-0.3, -0.25) is 0 Å². The maximum absolute atomic E-state index is 12.7. The zero-order valence-corrected chi connectivity index (χ0v) is 17.4. The lowest BCUT2D eigenvalue weighted by Crippen LogP contribution is -2.47. The summed E-state index contributed by atoms with van der Waals surface area (Å²) in [6.07, 6.45) is 0. The summed E-state index contributed by atoms with van der Waals surface area (Å²) in [5.74, 6) is 1.03. The smallest absolute Gasteiger partial charge is 0.338 e. The molecule has 0 saturated heterocycles. The van der Waals surface area contributed by atoms with Crippen molar-refractivity contribution in [2.24, 2.45) is 11.8 Å². The summed E-state index contributed by atoms with van der Waals surface area (Å²) in [4.78, 5) is 24.9. The van der Waals surface area contributed by atoms with Gasteiger partial charge in [-0.1, -0.05) is 33.8 Å². The first-order valence-corrected chi connectivity index (χ1v) is 9.57. The van der Waals surface area contributed by atoms with Crippen molar-refractivity contribution in [2.75, 3.05) is 20.3 Å². The molecule has 0 saturated carbocycles. The minimum Gasteiger partial charge on any atom is -0.493 e. The number of esters is 1. The highest BCUT2D eigenvalue weighted by atomic mass is 16.5. The predicted molar refractivity (Wildman–Crippen MR) is 106 cm³/mol. The Morgan fingerprint density at radius 3 is 2.46 bits per heavy atom. The fourth-order valence-electron chi connectivity index (χ4n) is 2.97. The van der Waals surface area contributed by atoms with Crippen LogP contribution in [0.3, 0.4) is 0 Å². The van der Waals surface area contributed by atoms with Crippen LogP contribution >= 0.6 is 0 Å². The Kier molecular flexibility index (Phi) is 7.31. The molecule has 1 aliphatic heterocycles. The number of hydrogen-bond donors (Lipinski definition) is 2. The molecular weight excluding hydrogens is 360 g/mol. The van der Waals surface area contributed by atoms with E-state index in [4.69, 9.17) is 14.2 Å². The van der Waals surface area contributed by atoms with E-state index >= 15 is 0 Å². The molecule has 7 nitrogen and oxygen atoms in total. The summed E-state index contributed by atoms with van der Waals surface area (Å²) >= 11 is 0. The first-order chi connectivity index (χ1) is 13.3. The van der Waals surface area contributed by atoms with Crippen molar-refractivity contribution in [3.8, 4) is 11.5 Å². The van der Waals surface area contributed by atoms with Crippen molar-refractivity contribution < 1.29 is 23.8 Å². The number of methoxy groups -OCH3 is 1. The zero-order valence-electron chi connectivity index (χ0n) is 17.4. The fourth-order valence-corrected chi connectivity index (χ4v) is 2.97. The van der Waals surface area contributed by atoms with E-state index in [-0.39, 0.29) is 18.6 Å². The van der Waals surface area contributed by atoms with Crippen molar-refractivity contribution in [2.45, 2.75) is 40.7 Å². The first-order valence-electron chi connectivity index (χ1n) is 9.57. The fraction of sp³-hybridized carbons (Fsp3) is 0.524. The van der Waals surface area contributed by atoms with Gasteiger partial charge in [-0.25, -0.2) is 9.59 Å². The molecule has 1 aromatic rings. The summed E-state index contributed by atoms with van der Waals surface area (Å²) in [7, 11) is 1.56. The molecule has 0 radical (unpaired) electrons. The van der Waals surface area contributed by atoms with Crippen molar-refractivity contribution >= 4 is 12.0 Å². The third kappa shape index (κ3) is 4.97. The summed E-state index contributed by atoms with van der Waals surface area (Å²) in [6.45, 7) is 10.5. The Labute approximate surface area is 166 Å². The topological polar surface area (TPSA) is 85.9 Å². The van der Waals surface area contributed by atoms with Crippen LogP contribution in [0.1, 0.15) is 46.2 Å². The van der Waals surface area contributed by atoms with Crippen molar-refractivity contribution in [1.82, 2.24) is 10.6 Å². The van der Waals surface area contributed by atoms with E-state index in [0.717, 1.165) is 0 Å². The number of hydrogen-bond acceptors (Lipinski definition) is 5. The number of carbonyl (C=O) groups excluding carboxylic acids is 2.